The summed E-state index contributed by atoms with van der Waals surface area (Å²) in [6.07, 6.45) is 2.33. The third-order valence-electron chi connectivity index (χ3n) is 2.52. The number of ether oxygens (including phenoxy) is 2. The third kappa shape index (κ3) is 2.09. The Bertz CT molecular complexity index is 460. The molecule has 0 saturated heterocycles. The first-order valence-electron chi connectivity index (χ1n) is 5.16. The highest BCUT2D eigenvalue weighted by Gasteiger charge is 2.21. The second kappa shape index (κ2) is 4.88. The number of hydrogen-bond acceptors (Lipinski definition) is 4. The van der Waals surface area contributed by atoms with Crippen LogP contribution in [0.3, 0.4) is 0 Å². The summed E-state index contributed by atoms with van der Waals surface area (Å²) in [6, 6.07) is 5.34. The molecular weight excluding hydrogens is 220 g/mol. The normalized spacial score (nSPS) is 12.2. The Morgan fingerprint density at radius 3 is 2.35 bits per heavy atom. The van der Waals surface area contributed by atoms with Crippen molar-refractivity contribution in [3.8, 4) is 11.5 Å². The van der Waals surface area contributed by atoms with Gasteiger partial charge in [0.25, 0.3) is 0 Å². The SMILES string of the molecule is COc1cccc(OC)c1C(O)c1ncc[nH]1. The van der Waals surface area contributed by atoms with Gasteiger partial charge in [-0.25, -0.2) is 4.98 Å². The van der Waals surface area contributed by atoms with E-state index in [9.17, 15) is 5.11 Å². The van der Waals surface area contributed by atoms with Gasteiger partial charge < -0.3 is 19.6 Å². The zero-order valence-corrected chi connectivity index (χ0v) is 9.68. The number of aromatic nitrogens is 2. The number of methoxy groups -OCH3 is 2. The molecule has 0 spiro atoms. The number of hydrogen-bond donors (Lipinski definition) is 2. The molecule has 90 valence electrons. The molecule has 0 fully saturated rings. The average molecular weight is 234 g/mol. The van der Waals surface area contributed by atoms with E-state index in [0.29, 0.717) is 22.9 Å². The minimum absolute atomic E-state index is 0.452. The number of aliphatic hydroxyl groups excluding tert-OH is 1. The molecule has 1 unspecified atom stereocenters. The van der Waals surface area contributed by atoms with Crippen molar-refractivity contribution in [3.63, 3.8) is 0 Å². The fourth-order valence-corrected chi connectivity index (χ4v) is 1.71. The van der Waals surface area contributed by atoms with Gasteiger partial charge in [0, 0.05) is 12.4 Å². The van der Waals surface area contributed by atoms with Crippen LogP contribution in [0.25, 0.3) is 0 Å². The second-order valence-electron chi connectivity index (χ2n) is 3.45. The summed E-state index contributed by atoms with van der Waals surface area (Å²) in [6.45, 7) is 0. The fourth-order valence-electron chi connectivity index (χ4n) is 1.71. The highest BCUT2D eigenvalue weighted by Crippen LogP contribution is 2.35. The molecule has 0 aliphatic carbocycles. The molecule has 0 aliphatic heterocycles. The van der Waals surface area contributed by atoms with Gasteiger partial charge in [-0.15, -0.1) is 0 Å². The van der Waals surface area contributed by atoms with E-state index in [1.165, 1.54) is 0 Å². The van der Waals surface area contributed by atoms with E-state index in [-0.39, 0.29) is 0 Å². The minimum Gasteiger partial charge on any atom is -0.496 e. The maximum atomic E-state index is 10.3. The van der Waals surface area contributed by atoms with Gasteiger partial charge in [-0.3, -0.25) is 0 Å². The molecule has 0 saturated carbocycles. The van der Waals surface area contributed by atoms with Crippen LogP contribution >= 0.6 is 0 Å². The van der Waals surface area contributed by atoms with Crippen LogP contribution in [0.2, 0.25) is 0 Å². The van der Waals surface area contributed by atoms with Gasteiger partial charge in [0.05, 0.1) is 19.8 Å². The summed E-state index contributed by atoms with van der Waals surface area (Å²) < 4.78 is 10.5. The Balaban J connectivity index is 2.49. The predicted octanol–water partition coefficient (Wildman–Crippen LogP) is 1.51. The lowest BCUT2D eigenvalue weighted by Crippen LogP contribution is -2.06. The monoisotopic (exact) mass is 234 g/mol. The number of H-pyrrole nitrogens is 1. The van der Waals surface area contributed by atoms with Crippen molar-refractivity contribution >= 4 is 0 Å². The predicted molar refractivity (Wildman–Crippen MR) is 62.2 cm³/mol. The summed E-state index contributed by atoms with van der Waals surface area (Å²) in [4.78, 5) is 6.89. The Morgan fingerprint density at radius 1 is 1.24 bits per heavy atom. The first-order valence-corrected chi connectivity index (χ1v) is 5.16. The molecule has 5 nitrogen and oxygen atoms in total. The Morgan fingerprint density at radius 2 is 1.88 bits per heavy atom. The Kier molecular flexibility index (Phi) is 3.30. The summed E-state index contributed by atoms with van der Waals surface area (Å²) in [5, 5.41) is 10.3. The molecule has 0 bridgehead atoms. The van der Waals surface area contributed by atoms with E-state index >= 15 is 0 Å². The summed E-state index contributed by atoms with van der Waals surface area (Å²) in [5.74, 6) is 1.58. The largest absolute Gasteiger partial charge is 0.496 e. The quantitative estimate of drug-likeness (QED) is 0.841. The van der Waals surface area contributed by atoms with E-state index in [2.05, 4.69) is 9.97 Å². The highest BCUT2D eigenvalue weighted by atomic mass is 16.5. The van der Waals surface area contributed by atoms with Crippen LogP contribution in [0.4, 0.5) is 0 Å². The molecule has 2 N–H and O–H groups in total. The molecule has 1 aromatic carbocycles. The molecule has 1 atom stereocenters. The van der Waals surface area contributed by atoms with Crippen molar-refractivity contribution in [3.05, 3.63) is 42.0 Å². The van der Waals surface area contributed by atoms with E-state index in [4.69, 9.17) is 9.47 Å². The van der Waals surface area contributed by atoms with Crippen LogP contribution in [-0.4, -0.2) is 29.3 Å². The third-order valence-corrected chi connectivity index (χ3v) is 2.52. The molecule has 1 heterocycles. The first kappa shape index (κ1) is 11.5. The van der Waals surface area contributed by atoms with Crippen LogP contribution in [0, 0.1) is 0 Å². The number of benzene rings is 1. The Labute approximate surface area is 99.0 Å². The Hall–Kier alpha value is -2.01. The molecule has 0 aliphatic rings. The van der Waals surface area contributed by atoms with Gasteiger partial charge in [0.2, 0.25) is 0 Å². The number of rotatable bonds is 4. The van der Waals surface area contributed by atoms with Gasteiger partial charge >= 0.3 is 0 Å². The number of nitrogens with one attached hydrogen (secondary N) is 1. The second-order valence-corrected chi connectivity index (χ2v) is 3.45. The minimum atomic E-state index is -0.906. The fraction of sp³-hybridized carbons (Fsp3) is 0.250. The van der Waals surface area contributed by atoms with E-state index in [0.717, 1.165) is 0 Å². The molecule has 2 aromatic rings. The lowest BCUT2D eigenvalue weighted by Gasteiger charge is -2.16. The van der Waals surface area contributed by atoms with E-state index in [1.54, 1.807) is 44.8 Å². The number of aliphatic hydroxyl groups is 1. The number of imidazole rings is 1. The number of aromatic amines is 1. The van der Waals surface area contributed by atoms with Crippen LogP contribution < -0.4 is 9.47 Å². The first-order chi connectivity index (χ1) is 8.27. The summed E-state index contributed by atoms with van der Waals surface area (Å²) >= 11 is 0. The van der Waals surface area contributed by atoms with Crippen molar-refractivity contribution in [2.45, 2.75) is 6.10 Å². The topological polar surface area (TPSA) is 67.4 Å². The smallest absolute Gasteiger partial charge is 0.144 e. The summed E-state index contributed by atoms with van der Waals surface area (Å²) in [7, 11) is 3.10. The van der Waals surface area contributed by atoms with Gasteiger partial charge in [0.1, 0.15) is 23.4 Å². The van der Waals surface area contributed by atoms with Crippen LogP contribution in [0.1, 0.15) is 17.5 Å². The standard InChI is InChI=1S/C12H14N2O3/c1-16-8-4-3-5-9(17-2)10(8)11(15)12-13-6-7-14-12/h3-7,11,15H,1-2H3,(H,13,14). The average Bonchev–Trinajstić information content (AvgIpc) is 2.90. The van der Waals surface area contributed by atoms with Gasteiger partial charge in [-0.1, -0.05) is 6.07 Å². The lowest BCUT2D eigenvalue weighted by molar-refractivity contribution is 0.200. The molecule has 0 amide bonds. The van der Waals surface area contributed by atoms with Gasteiger partial charge in [-0.05, 0) is 12.1 Å². The van der Waals surface area contributed by atoms with E-state index < -0.39 is 6.10 Å². The van der Waals surface area contributed by atoms with Crippen LogP contribution in [0.15, 0.2) is 30.6 Å². The molecule has 5 heteroatoms. The van der Waals surface area contributed by atoms with Gasteiger partial charge in [0.15, 0.2) is 0 Å². The van der Waals surface area contributed by atoms with Crippen molar-refractivity contribution in [2.24, 2.45) is 0 Å². The zero-order valence-electron chi connectivity index (χ0n) is 9.68. The van der Waals surface area contributed by atoms with Crippen molar-refractivity contribution in [2.75, 3.05) is 14.2 Å². The van der Waals surface area contributed by atoms with E-state index in [1.807, 2.05) is 0 Å². The zero-order chi connectivity index (χ0) is 12.3. The van der Waals surface area contributed by atoms with Crippen molar-refractivity contribution < 1.29 is 14.6 Å². The van der Waals surface area contributed by atoms with Crippen molar-refractivity contribution in [1.29, 1.82) is 0 Å². The highest BCUT2D eigenvalue weighted by molar-refractivity contribution is 5.48. The number of nitrogens with zero attached hydrogens (tertiary/aromatic N) is 1. The van der Waals surface area contributed by atoms with Crippen LogP contribution in [-0.2, 0) is 0 Å². The molecule has 0 radical (unpaired) electrons. The maximum absolute atomic E-state index is 10.3. The van der Waals surface area contributed by atoms with Crippen molar-refractivity contribution in [1.82, 2.24) is 9.97 Å². The molecule has 17 heavy (non-hydrogen) atoms. The summed E-state index contributed by atoms with van der Waals surface area (Å²) in [5.41, 5.74) is 0.562. The van der Waals surface area contributed by atoms with Crippen LogP contribution in [0.5, 0.6) is 11.5 Å². The maximum Gasteiger partial charge on any atom is 0.144 e. The lowest BCUT2D eigenvalue weighted by atomic mass is 10.1. The van der Waals surface area contributed by atoms with Gasteiger partial charge in [-0.2, -0.15) is 0 Å². The molecule has 2 rings (SSSR count). The molecular formula is C12H14N2O3. The molecule has 1 aromatic heterocycles.